The van der Waals surface area contributed by atoms with Crippen LogP contribution < -0.4 is 10.0 Å². The van der Waals surface area contributed by atoms with Crippen LogP contribution >= 0.6 is 0 Å². The van der Waals surface area contributed by atoms with Gasteiger partial charge in [0.15, 0.2) is 0 Å². The molecule has 0 aliphatic rings. The standard InChI is InChI=1S/C21H28N2O3S/c1-16-10-12-19(13-11-16)27(25,26)23-17(2)20(24)22-15-21(3,4)14-18-8-6-5-7-9-18/h5-13,17,23H,14-15H2,1-4H3,(H,22,24)/t17-/m0/s1. The number of rotatable bonds is 8. The van der Waals surface area contributed by atoms with Crippen LogP contribution in [0.1, 0.15) is 31.9 Å². The van der Waals surface area contributed by atoms with Gasteiger partial charge in [0, 0.05) is 6.54 Å². The Kier molecular flexibility index (Phi) is 6.78. The Morgan fingerprint density at radius 3 is 2.22 bits per heavy atom. The maximum absolute atomic E-state index is 12.4. The van der Waals surface area contributed by atoms with Crippen LogP contribution in [0.5, 0.6) is 0 Å². The second-order valence-corrected chi connectivity index (χ2v) is 9.41. The first-order valence-electron chi connectivity index (χ1n) is 9.00. The second-order valence-electron chi connectivity index (χ2n) is 7.70. The summed E-state index contributed by atoms with van der Waals surface area (Å²) in [6.07, 6.45) is 0.817. The quantitative estimate of drug-likeness (QED) is 0.730. The van der Waals surface area contributed by atoms with Gasteiger partial charge in [-0.15, -0.1) is 0 Å². The van der Waals surface area contributed by atoms with Gasteiger partial charge < -0.3 is 5.32 Å². The van der Waals surface area contributed by atoms with Crippen molar-refractivity contribution in [3.63, 3.8) is 0 Å². The molecule has 1 atom stereocenters. The SMILES string of the molecule is Cc1ccc(S(=O)(=O)N[C@@H](C)C(=O)NCC(C)(C)Cc2ccccc2)cc1. The molecule has 0 saturated heterocycles. The predicted octanol–water partition coefficient (Wildman–Crippen LogP) is 3.05. The summed E-state index contributed by atoms with van der Waals surface area (Å²) in [6, 6.07) is 15.7. The number of carbonyl (C=O) groups excluding carboxylic acids is 1. The third kappa shape index (κ3) is 6.48. The Morgan fingerprint density at radius 2 is 1.63 bits per heavy atom. The van der Waals surface area contributed by atoms with Gasteiger partial charge in [-0.3, -0.25) is 4.79 Å². The summed E-state index contributed by atoms with van der Waals surface area (Å²) in [5.41, 5.74) is 2.03. The van der Waals surface area contributed by atoms with Crippen molar-refractivity contribution < 1.29 is 13.2 Å². The molecular formula is C21H28N2O3S. The fourth-order valence-electron chi connectivity index (χ4n) is 2.76. The molecule has 146 valence electrons. The van der Waals surface area contributed by atoms with Crippen molar-refractivity contribution in [2.75, 3.05) is 6.54 Å². The molecule has 0 aliphatic heterocycles. The van der Waals surface area contributed by atoms with Crippen molar-refractivity contribution in [3.05, 3.63) is 65.7 Å². The van der Waals surface area contributed by atoms with Crippen molar-refractivity contribution >= 4 is 15.9 Å². The minimum Gasteiger partial charge on any atom is -0.354 e. The first kappa shape index (κ1) is 21.1. The van der Waals surface area contributed by atoms with Crippen molar-refractivity contribution in [1.29, 1.82) is 0 Å². The van der Waals surface area contributed by atoms with Crippen LogP contribution in [0.2, 0.25) is 0 Å². The molecule has 0 heterocycles. The number of sulfonamides is 1. The van der Waals surface area contributed by atoms with Gasteiger partial charge in [-0.05, 0) is 43.4 Å². The Labute approximate surface area is 162 Å². The molecule has 5 nitrogen and oxygen atoms in total. The zero-order chi connectivity index (χ0) is 20.1. The Bertz CT molecular complexity index is 860. The normalized spacial score (nSPS) is 13.2. The molecule has 2 aromatic carbocycles. The van der Waals surface area contributed by atoms with E-state index in [1.54, 1.807) is 19.1 Å². The van der Waals surface area contributed by atoms with E-state index in [0.29, 0.717) is 6.54 Å². The van der Waals surface area contributed by atoms with E-state index in [1.165, 1.54) is 17.7 Å². The Morgan fingerprint density at radius 1 is 1.04 bits per heavy atom. The van der Waals surface area contributed by atoms with Crippen molar-refractivity contribution in [2.45, 2.75) is 45.1 Å². The minimum absolute atomic E-state index is 0.146. The van der Waals surface area contributed by atoms with Gasteiger partial charge in [0.05, 0.1) is 10.9 Å². The third-order valence-electron chi connectivity index (χ3n) is 4.32. The van der Waals surface area contributed by atoms with E-state index in [0.717, 1.165) is 12.0 Å². The fraction of sp³-hybridized carbons (Fsp3) is 0.381. The van der Waals surface area contributed by atoms with Gasteiger partial charge in [-0.1, -0.05) is 61.9 Å². The number of nitrogens with one attached hydrogen (secondary N) is 2. The van der Waals surface area contributed by atoms with Gasteiger partial charge in [0.1, 0.15) is 0 Å². The molecule has 2 N–H and O–H groups in total. The Balaban J connectivity index is 1.92. The van der Waals surface area contributed by atoms with Crippen molar-refractivity contribution in [2.24, 2.45) is 5.41 Å². The third-order valence-corrected chi connectivity index (χ3v) is 5.88. The summed E-state index contributed by atoms with van der Waals surface area (Å²) in [7, 11) is -3.73. The first-order chi connectivity index (χ1) is 12.6. The number of aryl methyl sites for hydroxylation is 1. The zero-order valence-electron chi connectivity index (χ0n) is 16.3. The van der Waals surface area contributed by atoms with E-state index in [9.17, 15) is 13.2 Å². The van der Waals surface area contributed by atoms with E-state index in [4.69, 9.17) is 0 Å². The lowest BCUT2D eigenvalue weighted by Gasteiger charge is -2.26. The van der Waals surface area contributed by atoms with Gasteiger partial charge in [0.2, 0.25) is 15.9 Å². The second kappa shape index (κ2) is 8.67. The molecule has 0 spiro atoms. The number of hydrogen-bond acceptors (Lipinski definition) is 3. The first-order valence-corrected chi connectivity index (χ1v) is 10.5. The average Bonchev–Trinajstić information content (AvgIpc) is 2.60. The topological polar surface area (TPSA) is 75.3 Å². The lowest BCUT2D eigenvalue weighted by atomic mass is 9.85. The number of carbonyl (C=O) groups is 1. The highest BCUT2D eigenvalue weighted by molar-refractivity contribution is 7.89. The number of benzene rings is 2. The molecule has 2 rings (SSSR count). The van der Waals surface area contributed by atoms with Crippen LogP contribution in [0.25, 0.3) is 0 Å². The predicted molar refractivity (Wildman–Crippen MR) is 108 cm³/mol. The van der Waals surface area contributed by atoms with Crippen LogP contribution in [-0.4, -0.2) is 26.9 Å². The molecule has 0 aliphatic carbocycles. The van der Waals surface area contributed by atoms with E-state index in [1.807, 2.05) is 25.1 Å². The maximum Gasteiger partial charge on any atom is 0.241 e. The monoisotopic (exact) mass is 388 g/mol. The molecule has 0 unspecified atom stereocenters. The number of hydrogen-bond donors (Lipinski definition) is 2. The molecule has 0 bridgehead atoms. The largest absolute Gasteiger partial charge is 0.354 e. The fourth-order valence-corrected chi connectivity index (χ4v) is 3.97. The lowest BCUT2D eigenvalue weighted by Crippen LogP contribution is -2.47. The molecule has 0 saturated carbocycles. The van der Waals surface area contributed by atoms with Crippen LogP contribution in [0.15, 0.2) is 59.5 Å². The van der Waals surface area contributed by atoms with E-state index in [2.05, 4.69) is 36.0 Å². The minimum atomic E-state index is -3.73. The van der Waals surface area contributed by atoms with Crippen LogP contribution in [0.3, 0.4) is 0 Å². The molecule has 2 aromatic rings. The molecule has 27 heavy (non-hydrogen) atoms. The molecular weight excluding hydrogens is 360 g/mol. The van der Waals surface area contributed by atoms with E-state index in [-0.39, 0.29) is 16.2 Å². The zero-order valence-corrected chi connectivity index (χ0v) is 17.1. The van der Waals surface area contributed by atoms with Gasteiger partial charge in [0.25, 0.3) is 0 Å². The molecule has 0 aromatic heterocycles. The van der Waals surface area contributed by atoms with Crippen LogP contribution in [0.4, 0.5) is 0 Å². The molecule has 6 heteroatoms. The van der Waals surface area contributed by atoms with Crippen LogP contribution in [0, 0.1) is 12.3 Å². The van der Waals surface area contributed by atoms with Crippen molar-refractivity contribution in [3.8, 4) is 0 Å². The van der Waals surface area contributed by atoms with E-state index < -0.39 is 16.1 Å². The highest BCUT2D eigenvalue weighted by Crippen LogP contribution is 2.20. The smallest absolute Gasteiger partial charge is 0.241 e. The van der Waals surface area contributed by atoms with Crippen molar-refractivity contribution in [1.82, 2.24) is 10.0 Å². The summed E-state index contributed by atoms with van der Waals surface area (Å²) in [5.74, 6) is -0.341. The summed E-state index contributed by atoms with van der Waals surface area (Å²) in [4.78, 5) is 12.5. The average molecular weight is 389 g/mol. The summed E-state index contributed by atoms with van der Waals surface area (Å²) < 4.78 is 27.3. The van der Waals surface area contributed by atoms with Crippen LogP contribution in [-0.2, 0) is 21.2 Å². The maximum atomic E-state index is 12.4. The lowest BCUT2D eigenvalue weighted by molar-refractivity contribution is -0.122. The highest BCUT2D eigenvalue weighted by Gasteiger charge is 2.24. The number of amides is 1. The molecule has 1 amide bonds. The van der Waals surface area contributed by atoms with Gasteiger partial charge in [-0.2, -0.15) is 4.72 Å². The summed E-state index contributed by atoms with van der Waals surface area (Å²) >= 11 is 0. The Hall–Kier alpha value is -2.18. The van der Waals surface area contributed by atoms with Gasteiger partial charge in [-0.25, -0.2) is 8.42 Å². The van der Waals surface area contributed by atoms with Gasteiger partial charge >= 0.3 is 0 Å². The van der Waals surface area contributed by atoms with E-state index >= 15 is 0 Å². The molecule has 0 fully saturated rings. The summed E-state index contributed by atoms with van der Waals surface area (Å²) in [5, 5.41) is 2.86. The summed E-state index contributed by atoms with van der Waals surface area (Å²) in [6.45, 7) is 8.03. The molecule has 0 radical (unpaired) electrons. The highest BCUT2D eigenvalue weighted by atomic mass is 32.2.